The molecule has 0 N–H and O–H groups in total. The number of aryl methyl sites for hydroxylation is 2. The number of hydrogen-bond donors (Lipinski definition) is 0. The maximum Gasteiger partial charge on any atom is 0.128 e. The molecule has 108 valence electrons. The van der Waals surface area contributed by atoms with Gasteiger partial charge in [0.1, 0.15) is 18.2 Å². The fourth-order valence-corrected chi connectivity index (χ4v) is 2.65. The lowest BCUT2D eigenvalue weighted by molar-refractivity contribution is 0.294. The van der Waals surface area contributed by atoms with E-state index in [1.54, 1.807) is 12.1 Å². The highest BCUT2D eigenvalue weighted by Crippen LogP contribution is 2.23. The molecule has 21 heavy (non-hydrogen) atoms. The van der Waals surface area contributed by atoms with Crippen LogP contribution < -0.4 is 4.74 Å². The molecule has 0 bridgehead atoms. The van der Waals surface area contributed by atoms with E-state index in [1.807, 2.05) is 0 Å². The Hall–Kier alpha value is -2.29. The molecular weight excluding hydrogens is 265 g/mol. The maximum atomic E-state index is 13.2. The van der Waals surface area contributed by atoms with E-state index in [0.29, 0.717) is 12.4 Å². The van der Waals surface area contributed by atoms with E-state index >= 15 is 0 Å². The highest BCUT2D eigenvalue weighted by molar-refractivity contribution is 5.82. The van der Waals surface area contributed by atoms with Crippen molar-refractivity contribution in [1.82, 2.24) is 4.57 Å². The first kappa shape index (κ1) is 13.7. The molecule has 0 aliphatic rings. The van der Waals surface area contributed by atoms with E-state index in [1.165, 1.54) is 28.6 Å². The summed E-state index contributed by atoms with van der Waals surface area (Å²) in [5.41, 5.74) is 3.55. The zero-order chi connectivity index (χ0) is 14.8. The third kappa shape index (κ3) is 2.77. The van der Waals surface area contributed by atoms with Gasteiger partial charge in [-0.2, -0.15) is 0 Å². The van der Waals surface area contributed by atoms with E-state index in [0.717, 1.165) is 12.2 Å². The number of nitrogens with zero attached hydrogens (tertiary/aromatic N) is 1. The van der Waals surface area contributed by atoms with Crippen molar-refractivity contribution < 1.29 is 9.13 Å². The summed E-state index contributed by atoms with van der Waals surface area (Å²) >= 11 is 0. The average molecular weight is 283 g/mol. The quantitative estimate of drug-likeness (QED) is 0.677. The van der Waals surface area contributed by atoms with Gasteiger partial charge in [0.15, 0.2) is 0 Å². The number of aromatic nitrogens is 1. The van der Waals surface area contributed by atoms with Crippen molar-refractivity contribution in [1.29, 1.82) is 0 Å². The molecule has 0 spiro atoms. The summed E-state index contributed by atoms with van der Waals surface area (Å²) in [4.78, 5) is 0. The Labute approximate surface area is 123 Å². The topological polar surface area (TPSA) is 14.2 Å². The summed E-state index contributed by atoms with van der Waals surface area (Å²) in [5, 5.41) is 1.22. The van der Waals surface area contributed by atoms with Gasteiger partial charge >= 0.3 is 0 Å². The first-order valence-electron chi connectivity index (χ1n) is 7.14. The summed E-state index contributed by atoms with van der Waals surface area (Å²) in [6.07, 6.45) is 0. The third-order valence-corrected chi connectivity index (χ3v) is 3.64. The van der Waals surface area contributed by atoms with Gasteiger partial charge in [-0.3, -0.25) is 0 Å². The Kier molecular flexibility index (Phi) is 3.65. The molecule has 0 unspecified atom stereocenters. The van der Waals surface area contributed by atoms with Crippen molar-refractivity contribution in [3.05, 3.63) is 65.6 Å². The molecule has 0 aliphatic heterocycles. The number of fused-ring (bicyclic) bond motifs is 1. The fraction of sp³-hybridized carbons (Fsp3) is 0.222. The summed E-state index contributed by atoms with van der Waals surface area (Å²) in [6.45, 7) is 5.52. The summed E-state index contributed by atoms with van der Waals surface area (Å²) in [5.74, 6) is 0.276. The molecule has 0 saturated carbocycles. The van der Waals surface area contributed by atoms with Crippen LogP contribution in [0.2, 0.25) is 0 Å². The molecule has 0 saturated heterocycles. The molecule has 0 aliphatic carbocycles. The number of benzene rings is 2. The van der Waals surface area contributed by atoms with Crippen LogP contribution in [0.4, 0.5) is 4.39 Å². The van der Waals surface area contributed by atoms with Crippen molar-refractivity contribution in [2.45, 2.75) is 27.0 Å². The molecule has 1 heterocycles. The normalized spacial score (nSPS) is 11.0. The van der Waals surface area contributed by atoms with Gasteiger partial charge in [-0.25, -0.2) is 4.39 Å². The molecule has 0 amide bonds. The Balaban J connectivity index is 1.89. The lowest BCUT2D eigenvalue weighted by atomic mass is 10.2. The van der Waals surface area contributed by atoms with Crippen LogP contribution in [0, 0.1) is 12.7 Å². The van der Waals surface area contributed by atoms with Gasteiger partial charge in [0.2, 0.25) is 0 Å². The van der Waals surface area contributed by atoms with Gasteiger partial charge in [0.25, 0.3) is 0 Å². The first-order valence-corrected chi connectivity index (χ1v) is 7.14. The van der Waals surface area contributed by atoms with Crippen LogP contribution in [-0.2, 0) is 13.2 Å². The second-order valence-electron chi connectivity index (χ2n) is 5.19. The average Bonchev–Trinajstić information content (AvgIpc) is 2.81. The monoisotopic (exact) mass is 283 g/mol. The molecule has 0 fully saturated rings. The molecular formula is C18H18FNO. The fourth-order valence-electron chi connectivity index (χ4n) is 2.65. The zero-order valence-electron chi connectivity index (χ0n) is 12.3. The molecule has 3 rings (SSSR count). The zero-order valence-corrected chi connectivity index (χ0v) is 12.3. The molecule has 2 nitrogen and oxygen atoms in total. The summed E-state index contributed by atoms with van der Waals surface area (Å²) in [7, 11) is 0. The second kappa shape index (κ2) is 5.60. The van der Waals surface area contributed by atoms with Crippen LogP contribution in [0.3, 0.4) is 0 Å². The number of hydrogen-bond acceptors (Lipinski definition) is 1. The highest BCUT2D eigenvalue weighted by Gasteiger charge is 2.08. The van der Waals surface area contributed by atoms with E-state index in [2.05, 4.69) is 42.7 Å². The minimum absolute atomic E-state index is 0.279. The van der Waals surface area contributed by atoms with E-state index < -0.39 is 0 Å². The SMILES string of the molecule is CCn1c(COc2cccc(F)c2)cc2cc(C)ccc21. The number of ether oxygens (including phenoxy) is 1. The lowest BCUT2D eigenvalue weighted by Gasteiger charge is -2.10. The first-order chi connectivity index (χ1) is 10.2. The molecule has 3 heteroatoms. The standard InChI is InChI=1S/C18H18FNO/c1-3-20-16(10-14-9-13(2)7-8-18(14)20)12-21-17-6-4-5-15(19)11-17/h4-11H,3,12H2,1-2H3. The molecule has 0 radical (unpaired) electrons. The van der Waals surface area contributed by atoms with Gasteiger partial charge in [0.05, 0.1) is 5.69 Å². The van der Waals surface area contributed by atoms with Gasteiger partial charge in [-0.05, 0) is 44.2 Å². The predicted octanol–water partition coefficient (Wildman–Crippen LogP) is 4.69. The molecule has 2 aromatic carbocycles. The van der Waals surface area contributed by atoms with Gasteiger partial charge in [-0.15, -0.1) is 0 Å². The Morgan fingerprint density at radius 3 is 2.71 bits per heavy atom. The second-order valence-corrected chi connectivity index (χ2v) is 5.19. The largest absolute Gasteiger partial charge is 0.487 e. The molecule has 0 atom stereocenters. The van der Waals surface area contributed by atoms with Gasteiger partial charge in [-0.1, -0.05) is 17.7 Å². The van der Waals surface area contributed by atoms with Gasteiger partial charge < -0.3 is 9.30 Å². The van der Waals surface area contributed by atoms with Crippen LogP contribution in [0.5, 0.6) is 5.75 Å². The van der Waals surface area contributed by atoms with Crippen molar-refractivity contribution >= 4 is 10.9 Å². The van der Waals surface area contributed by atoms with Crippen LogP contribution >= 0.6 is 0 Å². The molecule has 1 aromatic heterocycles. The van der Waals surface area contributed by atoms with Crippen molar-refractivity contribution in [2.75, 3.05) is 0 Å². The minimum Gasteiger partial charge on any atom is -0.487 e. The lowest BCUT2D eigenvalue weighted by Crippen LogP contribution is -2.04. The van der Waals surface area contributed by atoms with Crippen LogP contribution in [0.25, 0.3) is 10.9 Å². The Morgan fingerprint density at radius 2 is 1.95 bits per heavy atom. The maximum absolute atomic E-state index is 13.2. The van der Waals surface area contributed by atoms with E-state index in [-0.39, 0.29) is 5.82 Å². The minimum atomic E-state index is -0.279. The highest BCUT2D eigenvalue weighted by atomic mass is 19.1. The van der Waals surface area contributed by atoms with Crippen LogP contribution in [-0.4, -0.2) is 4.57 Å². The Morgan fingerprint density at radius 1 is 1.10 bits per heavy atom. The van der Waals surface area contributed by atoms with E-state index in [9.17, 15) is 4.39 Å². The summed E-state index contributed by atoms with van der Waals surface area (Å²) < 4.78 is 21.1. The predicted molar refractivity (Wildman–Crippen MR) is 83.1 cm³/mol. The van der Waals surface area contributed by atoms with Crippen molar-refractivity contribution in [3.8, 4) is 5.75 Å². The van der Waals surface area contributed by atoms with Crippen LogP contribution in [0.15, 0.2) is 48.5 Å². The number of rotatable bonds is 4. The number of halogens is 1. The van der Waals surface area contributed by atoms with Crippen LogP contribution in [0.1, 0.15) is 18.2 Å². The van der Waals surface area contributed by atoms with Crippen molar-refractivity contribution in [2.24, 2.45) is 0 Å². The smallest absolute Gasteiger partial charge is 0.128 e. The summed E-state index contributed by atoms with van der Waals surface area (Å²) in [6, 6.07) is 14.8. The van der Waals surface area contributed by atoms with Gasteiger partial charge in [0, 0.05) is 23.5 Å². The van der Waals surface area contributed by atoms with Crippen molar-refractivity contribution in [3.63, 3.8) is 0 Å². The van der Waals surface area contributed by atoms with E-state index in [4.69, 9.17) is 4.74 Å². The Bertz CT molecular complexity index is 776. The molecule has 3 aromatic rings. The third-order valence-electron chi connectivity index (χ3n) is 3.64.